The first-order valence-electron chi connectivity index (χ1n) is 8.38. The summed E-state index contributed by atoms with van der Waals surface area (Å²) < 4.78 is 40.6. The number of rotatable bonds is 6. The van der Waals surface area contributed by atoms with Crippen LogP contribution in [0.2, 0.25) is 0 Å². The molecule has 2 rings (SSSR count). The summed E-state index contributed by atoms with van der Waals surface area (Å²) in [7, 11) is 0. The molecule has 1 amide bonds. The Morgan fingerprint density at radius 3 is 2.07 bits per heavy atom. The van der Waals surface area contributed by atoms with E-state index in [9.17, 15) is 23.1 Å². The van der Waals surface area contributed by atoms with Crippen molar-refractivity contribution in [1.82, 2.24) is 0 Å². The van der Waals surface area contributed by atoms with Crippen LogP contribution in [0.3, 0.4) is 0 Å². The zero-order chi connectivity index (χ0) is 20.5. The maximum Gasteiger partial charge on any atom is 0.418 e. The van der Waals surface area contributed by atoms with Gasteiger partial charge in [0, 0.05) is 11.0 Å². The van der Waals surface area contributed by atoms with Crippen LogP contribution in [0.1, 0.15) is 43.9 Å². The Bertz CT molecular complexity index is 811. The molecule has 0 aliphatic rings. The molecule has 27 heavy (non-hydrogen) atoms. The monoisotopic (exact) mass is 380 g/mol. The summed E-state index contributed by atoms with van der Waals surface area (Å²) >= 11 is 0. The lowest BCUT2D eigenvalue weighted by atomic mass is 9.68. The molecular formula is C20H23F3N2O2. The van der Waals surface area contributed by atoms with Gasteiger partial charge in [0.2, 0.25) is 6.41 Å². The van der Waals surface area contributed by atoms with Gasteiger partial charge in [-0.1, -0.05) is 31.2 Å². The third-order valence-electron chi connectivity index (χ3n) is 4.48. The predicted molar refractivity (Wildman–Crippen MR) is 98.6 cm³/mol. The molecule has 0 bridgehead atoms. The maximum absolute atomic E-state index is 13.5. The van der Waals surface area contributed by atoms with Gasteiger partial charge in [-0.25, -0.2) is 0 Å². The van der Waals surface area contributed by atoms with Crippen LogP contribution in [0, 0.1) is 0 Å². The second kappa shape index (κ2) is 7.23. The molecule has 1 unspecified atom stereocenters. The molecule has 0 aliphatic carbocycles. The van der Waals surface area contributed by atoms with Gasteiger partial charge >= 0.3 is 6.18 Å². The Morgan fingerprint density at radius 1 is 1.04 bits per heavy atom. The Hall–Kier alpha value is -2.54. The molecule has 4 nitrogen and oxygen atoms in total. The highest BCUT2D eigenvalue weighted by molar-refractivity contribution is 5.78. The first kappa shape index (κ1) is 20.8. The zero-order valence-corrected chi connectivity index (χ0v) is 15.4. The Morgan fingerprint density at radius 2 is 1.59 bits per heavy atom. The molecule has 0 aromatic heterocycles. The number of phenolic OH excluding ortho intramolecular Hbond substituents is 1. The quantitative estimate of drug-likeness (QED) is 0.650. The number of aromatic hydroxyl groups is 1. The lowest BCUT2D eigenvalue weighted by molar-refractivity contribution is -0.137. The standard InChI is InChI=1S/C20H23F3N2O2/c1-18(2,24)11-19(3,13-7-9-14(27)10-8-13)15-5-4-6-16(20(21,22)23)17(15)25-12-26/h4-10,12,27H,11,24H2,1-3H3,(H,25,26). The fraction of sp³-hybridized carbons (Fsp3) is 0.350. The van der Waals surface area contributed by atoms with Crippen molar-refractivity contribution in [2.24, 2.45) is 5.73 Å². The SMILES string of the molecule is CC(C)(N)CC(C)(c1ccc(O)cc1)c1cccc(C(F)(F)F)c1NC=O. The van der Waals surface area contributed by atoms with Gasteiger partial charge in [-0.05, 0) is 49.6 Å². The van der Waals surface area contributed by atoms with Crippen LogP contribution in [0.25, 0.3) is 0 Å². The fourth-order valence-electron chi connectivity index (χ4n) is 3.56. The molecule has 0 heterocycles. The summed E-state index contributed by atoms with van der Waals surface area (Å²) in [5.74, 6) is 0.0448. The molecule has 0 saturated heterocycles. The van der Waals surface area contributed by atoms with Gasteiger partial charge in [0.25, 0.3) is 0 Å². The molecule has 2 aromatic carbocycles. The van der Waals surface area contributed by atoms with E-state index in [-0.39, 0.29) is 17.8 Å². The minimum Gasteiger partial charge on any atom is -0.508 e. The normalized spacial score (nSPS) is 14.5. The molecule has 1 atom stereocenters. The van der Waals surface area contributed by atoms with Gasteiger partial charge in [-0.15, -0.1) is 0 Å². The molecule has 0 spiro atoms. The van der Waals surface area contributed by atoms with Crippen molar-refractivity contribution in [2.75, 3.05) is 5.32 Å². The summed E-state index contributed by atoms with van der Waals surface area (Å²) in [4.78, 5) is 11.1. The predicted octanol–water partition coefficient (Wildman–Crippen LogP) is 4.41. The van der Waals surface area contributed by atoms with Gasteiger partial charge in [0.1, 0.15) is 5.75 Å². The van der Waals surface area contributed by atoms with Crippen molar-refractivity contribution in [3.63, 3.8) is 0 Å². The zero-order valence-electron chi connectivity index (χ0n) is 15.4. The topological polar surface area (TPSA) is 75.3 Å². The molecule has 0 radical (unpaired) electrons. The Labute approximate surface area is 156 Å². The summed E-state index contributed by atoms with van der Waals surface area (Å²) in [6.07, 6.45) is -4.09. The van der Waals surface area contributed by atoms with Crippen LogP contribution < -0.4 is 11.1 Å². The van der Waals surface area contributed by atoms with Crippen molar-refractivity contribution < 1.29 is 23.1 Å². The van der Waals surface area contributed by atoms with Crippen molar-refractivity contribution in [3.05, 3.63) is 59.2 Å². The van der Waals surface area contributed by atoms with Gasteiger partial charge < -0.3 is 16.2 Å². The number of phenols is 1. The van der Waals surface area contributed by atoms with E-state index in [1.165, 1.54) is 18.2 Å². The lowest BCUT2D eigenvalue weighted by Crippen LogP contribution is -2.41. The van der Waals surface area contributed by atoms with Crippen molar-refractivity contribution >= 4 is 12.1 Å². The molecule has 0 saturated carbocycles. The number of benzene rings is 2. The number of hydrogen-bond donors (Lipinski definition) is 3. The largest absolute Gasteiger partial charge is 0.508 e. The van der Waals surface area contributed by atoms with E-state index < -0.39 is 22.7 Å². The number of anilines is 1. The molecule has 146 valence electrons. The summed E-state index contributed by atoms with van der Waals surface area (Å²) in [5.41, 5.74) is 4.31. The minimum absolute atomic E-state index is 0.0448. The molecule has 2 aromatic rings. The van der Waals surface area contributed by atoms with Crippen LogP contribution >= 0.6 is 0 Å². The van der Waals surface area contributed by atoms with Crippen molar-refractivity contribution in [2.45, 2.75) is 44.3 Å². The van der Waals surface area contributed by atoms with E-state index in [1.54, 1.807) is 39.0 Å². The summed E-state index contributed by atoms with van der Waals surface area (Å²) in [6.45, 7) is 5.34. The number of hydrogen-bond acceptors (Lipinski definition) is 3. The second-order valence-corrected chi connectivity index (χ2v) is 7.53. The number of halogens is 3. The van der Waals surface area contributed by atoms with E-state index in [4.69, 9.17) is 5.73 Å². The lowest BCUT2D eigenvalue weighted by Gasteiger charge is -2.38. The minimum atomic E-state index is -4.63. The number of amides is 1. The average Bonchev–Trinajstić information content (AvgIpc) is 2.53. The first-order valence-corrected chi connectivity index (χ1v) is 8.38. The van der Waals surface area contributed by atoms with Crippen molar-refractivity contribution in [1.29, 1.82) is 0 Å². The van der Waals surface area contributed by atoms with Crippen LogP contribution in [-0.2, 0) is 16.4 Å². The molecule has 0 fully saturated rings. The number of para-hydroxylation sites is 1. The number of alkyl halides is 3. The van der Waals surface area contributed by atoms with Gasteiger partial charge in [0.15, 0.2) is 0 Å². The highest BCUT2D eigenvalue weighted by Crippen LogP contribution is 2.46. The fourth-order valence-corrected chi connectivity index (χ4v) is 3.56. The Balaban J connectivity index is 2.80. The highest BCUT2D eigenvalue weighted by atomic mass is 19.4. The Kier molecular flexibility index (Phi) is 5.56. The second-order valence-electron chi connectivity index (χ2n) is 7.53. The van der Waals surface area contributed by atoms with E-state index in [2.05, 4.69) is 5.32 Å². The van der Waals surface area contributed by atoms with Crippen LogP contribution in [0.5, 0.6) is 5.75 Å². The highest BCUT2D eigenvalue weighted by Gasteiger charge is 2.40. The van der Waals surface area contributed by atoms with Crippen molar-refractivity contribution in [3.8, 4) is 5.75 Å². The van der Waals surface area contributed by atoms with E-state index in [0.29, 0.717) is 17.5 Å². The number of nitrogens with one attached hydrogen (secondary N) is 1. The van der Waals surface area contributed by atoms with Crippen LogP contribution in [0.15, 0.2) is 42.5 Å². The molecule has 0 aliphatic heterocycles. The van der Waals surface area contributed by atoms with Gasteiger partial charge in [-0.2, -0.15) is 13.2 Å². The first-order chi connectivity index (χ1) is 12.4. The van der Waals surface area contributed by atoms with Gasteiger partial charge in [-0.3, -0.25) is 4.79 Å². The number of carbonyl (C=O) groups excluding carboxylic acids is 1. The summed E-state index contributed by atoms with van der Waals surface area (Å²) in [6, 6.07) is 10.0. The van der Waals surface area contributed by atoms with E-state index >= 15 is 0 Å². The number of carbonyl (C=O) groups is 1. The van der Waals surface area contributed by atoms with E-state index in [0.717, 1.165) is 6.07 Å². The van der Waals surface area contributed by atoms with Crippen LogP contribution in [-0.4, -0.2) is 17.1 Å². The van der Waals surface area contributed by atoms with Gasteiger partial charge in [0.05, 0.1) is 11.3 Å². The maximum atomic E-state index is 13.5. The summed E-state index contributed by atoms with van der Waals surface area (Å²) in [5, 5.41) is 11.8. The third-order valence-corrected chi connectivity index (χ3v) is 4.48. The molecule has 4 N–H and O–H groups in total. The average molecular weight is 380 g/mol. The van der Waals surface area contributed by atoms with Crippen LogP contribution in [0.4, 0.5) is 18.9 Å². The number of nitrogens with two attached hydrogens (primary N) is 1. The van der Waals surface area contributed by atoms with E-state index in [1.807, 2.05) is 0 Å². The molecular weight excluding hydrogens is 357 g/mol. The third kappa shape index (κ3) is 4.60. The molecule has 7 heteroatoms. The smallest absolute Gasteiger partial charge is 0.418 e.